The summed E-state index contributed by atoms with van der Waals surface area (Å²) in [6, 6.07) is 0. The summed E-state index contributed by atoms with van der Waals surface area (Å²) in [6.45, 7) is 8.41. The van der Waals surface area contributed by atoms with E-state index < -0.39 is 0 Å². The van der Waals surface area contributed by atoms with Crippen molar-refractivity contribution < 1.29 is 0 Å². The standard InChI is InChI=1S/C9H18N2/c1-7(2)6-11-9(10-5)8(3)4/h6-8H,1-5H3. The van der Waals surface area contributed by atoms with E-state index in [-0.39, 0.29) is 0 Å². The Morgan fingerprint density at radius 3 is 2.00 bits per heavy atom. The molecule has 0 aromatic rings. The maximum atomic E-state index is 4.27. The summed E-state index contributed by atoms with van der Waals surface area (Å²) in [6.07, 6.45) is 1.93. The molecule has 0 atom stereocenters. The van der Waals surface area contributed by atoms with Gasteiger partial charge >= 0.3 is 0 Å². The number of nitrogens with zero attached hydrogens (tertiary/aromatic N) is 2. The fraction of sp³-hybridized carbons (Fsp3) is 0.778. The first-order valence-corrected chi connectivity index (χ1v) is 4.08. The molecular weight excluding hydrogens is 136 g/mol. The molecule has 2 nitrogen and oxygen atoms in total. The van der Waals surface area contributed by atoms with Crippen LogP contribution >= 0.6 is 0 Å². The number of rotatable bonds is 2. The third kappa shape index (κ3) is 4.71. The van der Waals surface area contributed by atoms with Crippen LogP contribution in [0.3, 0.4) is 0 Å². The largest absolute Gasteiger partial charge is 0.274 e. The van der Waals surface area contributed by atoms with Gasteiger partial charge in [-0.05, 0) is 5.92 Å². The van der Waals surface area contributed by atoms with Crippen molar-refractivity contribution in [3.63, 3.8) is 0 Å². The van der Waals surface area contributed by atoms with E-state index in [0.717, 1.165) is 5.84 Å². The monoisotopic (exact) mass is 154 g/mol. The molecule has 2 heteroatoms. The first-order chi connectivity index (χ1) is 5.07. The lowest BCUT2D eigenvalue weighted by molar-refractivity contribution is 0.862. The van der Waals surface area contributed by atoms with E-state index in [1.165, 1.54) is 0 Å². The van der Waals surface area contributed by atoms with Crippen molar-refractivity contribution in [2.75, 3.05) is 7.05 Å². The van der Waals surface area contributed by atoms with Crippen LogP contribution in [0.2, 0.25) is 0 Å². The van der Waals surface area contributed by atoms with Gasteiger partial charge in [0.05, 0.1) is 0 Å². The third-order valence-electron chi connectivity index (χ3n) is 1.25. The summed E-state index contributed by atoms with van der Waals surface area (Å²) in [5.74, 6) is 1.86. The lowest BCUT2D eigenvalue weighted by Gasteiger charge is -2.02. The van der Waals surface area contributed by atoms with E-state index >= 15 is 0 Å². The SMILES string of the molecule is CN=C(N=CC(C)C)C(C)C. The molecule has 0 bridgehead atoms. The Kier molecular flexibility index (Phi) is 4.75. The molecule has 0 aromatic heterocycles. The Bertz CT molecular complexity index is 155. The Labute approximate surface area is 69.4 Å². The lowest BCUT2D eigenvalue weighted by atomic mass is 10.2. The van der Waals surface area contributed by atoms with E-state index in [9.17, 15) is 0 Å². The van der Waals surface area contributed by atoms with Gasteiger partial charge in [0, 0.05) is 19.2 Å². The summed E-state index contributed by atoms with van der Waals surface area (Å²) >= 11 is 0. The van der Waals surface area contributed by atoms with Crippen LogP contribution in [0, 0.1) is 11.8 Å². The predicted molar refractivity (Wildman–Crippen MR) is 51.5 cm³/mol. The topological polar surface area (TPSA) is 24.7 Å². The second-order valence-corrected chi connectivity index (χ2v) is 3.26. The van der Waals surface area contributed by atoms with Crippen molar-refractivity contribution >= 4 is 12.1 Å². The fourth-order valence-electron chi connectivity index (χ4n) is 0.690. The number of aliphatic imine (C=N–C) groups is 2. The minimum atomic E-state index is 0.426. The van der Waals surface area contributed by atoms with Gasteiger partial charge in [0.2, 0.25) is 0 Å². The number of hydrogen-bond donors (Lipinski definition) is 0. The maximum Gasteiger partial charge on any atom is 0.125 e. The lowest BCUT2D eigenvalue weighted by Crippen LogP contribution is -2.05. The van der Waals surface area contributed by atoms with E-state index in [1.807, 2.05) is 6.21 Å². The van der Waals surface area contributed by atoms with Gasteiger partial charge in [0.15, 0.2) is 0 Å². The van der Waals surface area contributed by atoms with Crippen LogP contribution in [0.15, 0.2) is 9.98 Å². The average molecular weight is 154 g/mol. The second kappa shape index (κ2) is 5.05. The first-order valence-electron chi connectivity index (χ1n) is 4.08. The van der Waals surface area contributed by atoms with Crippen molar-refractivity contribution in [1.29, 1.82) is 0 Å². The number of hydrogen-bond acceptors (Lipinski definition) is 1. The van der Waals surface area contributed by atoms with Gasteiger partial charge in [-0.1, -0.05) is 27.7 Å². The summed E-state index contributed by atoms with van der Waals surface area (Å²) < 4.78 is 0. The Morgan fingerprint density at radius 2 is 1.73 bits per heavy atom. The maximum absolute atomic E-state index is 4.27. The quantitative estimate of drug-likeness (QED) is 0.431. The third-order valence-corrected chi connectivity index (χ3v) is 1.25. The molecular formula is C9H18N2. The molecule has 0 aromatic carbocycles. The molecule has 0 rings (SSSR count). The molecule has 0 aliphatic heterocycles. The molecule has 0 radical (unpaired) electrons. The van der Waals surface area contributed by atoms with E-state index in [2.05, 4.69) is 37.7 Å². The zero-order chi connectivity index (χ0) is 8.85. The minimum absolute atomic E-state index is 0.426. The van der Waals surface area contributed by atoms with Crippen molar-refractivity contribution in [3.05, 3.63) is 0 Å². The summed E-state index contributed by atoms with van der Waals surface area (Å²) in [5, 5.41) is 0. The molecule has 11 heavy (non-hydrogen) atoms. The summed E-state index contributed by atoms with van der Waals surface area (Å²) in [5.41, 5.74) is 0. The normalized spacial score (nSPS) is 13.9. The van der Waals surface area contributed by atoms with Crippen molar-refractivity contribution in [3.8, 4) is 0 Å². The van der Waals surface area contributed by atoms with Crippen LogP contribution in [0.5, 0.6) is 0 Å². The highest BCUT2D eigenvalue weighted by Gasteiger charge is 1.99. The Balaban J connectivity index is 4.10. The highest BCUT2D eigenvalue weighted by molar-refractivity contribution is 5.91. The van der Waals surface area contributed by atoms with Crippen molar-refractivity contribution in [2.45, 2.75) is 27.7 Å². The van der Waals surface area contributed by atoms with Crippen LogP contribution in [-0.4, -0.2) is 19.1 Å². The molecule has 0 unspecified atom stereocenters. The smallest absolute Gasteiger partial charge is 0.125 e. The second-order valence-electron chi connectivity index (χ2n) is 3.26. The first kappa shape index (κ1) is 10.3. The molecule has 0 saturated heterocycles. The van der Waals surface area contributed by atoms with Crippen molar-refractivity contribution in [2.24, 2.45) is 21.8 Å². The molecule has 0 amide bonds. The zero-order valence-electron chi connectivity index (χ0n) is 8.13. The minimum Gasteiger partial charge on any atom is -0.274 e. The highest BCUT2D eigenvalue weighted by atomic mass is 14.9. The van der Waals surface area contributed by atoms with Crippen LogP contribution in [-0.2, 0) is 0 Å². The van der Waals surface area contributed by atoms with Crippen molar-refractivity contribution in [1.82, 2.24) is 0 Å². The van der Waals surface area contributed by atoms with E-state index in [1.54, 1.807) is 7.05 Å². The zero-order valence-corrected chi connectivity index (χ0v) is 8.13. The molecule has 0 fully saturated rings. The molecule has 0 spiro atoms. The Hall–Kier alpha value is -0.660. The van der Waals surface area contributed by atoms with Crippen LogP contribution in [0.1, 0.15) is 27.7 Å². The molecule has 0 saturated carbocycles. The highest BCUT2D eigenvalue weighted by Crippen LogP contribution is 1.98. The van der Waals surface area contributed by atoms with E-state index in [4.69, 9.17) is 0 Å². The summed E-state index contributed by atoms with van der Waals surface area (Å²) in [4.78, 5) is 8.34. The molecule has 0 N–H and O–H groups in total. The van der Waals surface area contributed by atoms with Crippen LogP contribution < -0.4 is 0 Å². The van der Waals surface area contributed by atoms with Gasteiger partial charge in [-0.3, -0.25) is 4.99 Å². The predicted octanol–water partition coefficient (Wildman–Crippen LogP) is 2.40. The molecule has 64 valence electrons. The molecule has 0 aliphatic carbocycles. The Morgan fingerprint density at radius 1 is 1.18 bits per heavy atom. The van der Waals surface area contributed by atoms with E-state index in [0.29, 0.717) is 11.8 Å². The van der Waals surface area contributed by atoms with Gasteiger partial charge in [-0.25, -0.2) is 4.99 Å². The fourth-order valence-corrected chi connectivity index (χ4v) is 0.690. The van der Waals surface area contributed by atoms with Gasteiger partial charge in [-0.2, -0.15) is 0 Å². The average Bonchev–Trinajstić information content (AvgIpc) is 1.87. The van der Waals surface area contributed by atoms with Crippen LogP contribution in [0.4, 0.5) is 0 Å². The van der Waals surface area contributed by atoms with Gasteiger partial charge in [0.1, 0.15) is 5.84 Å². The number of amidine groups is 1. The molecule has 0 aliphatic rings. The van der Waals surface area contributed by atoms with Crippen LogP contribution in [0.25, 0.3) is 0 Å². The molecule has 0 heterocycles. The van der Waals surface area contributed by atoms with Gasteiger partial charge in [0.25, 0.3) is 0 Å². The van der Waals surface area contributed by atoms with Gasteiger partial charge in [-0.15, -0.1) is 0 Å². The summed E-state index contributed by atoms with van der Waals surface area (Å²) in [7, 11) is 1.78. The van der Waals surface area contributed by atoms with Gasteiger partial charge < -0.3 is 0 Å².